The highest BCUT2D eigenvalue weighted by Crippen LogP contribution is 2.36. The molecule has 3 heterocycles. The normalized spacial score (nSPS) is 19.5. The minimum Gasteiger partial charge on any atom is -0.341 e. The third kappa shape index (κ3) is 4.69. The van der Waals surface area contributed by atoms with Crippen LogP contribution in [0.5, 0.6) is 0 Å². The molecule has 9 nitrogen and oxygen atoms in total. The predicted octanol–water partition coefficient (Wildman–Crippen LogP) is 2.13. The van der Waals surface area contributed by atoms with Crippen LogP contribution in [-0.2, 0) is 9.59 Å². The van der Waals surface area contributed by atoms with Crippen LogP contribution in [0.2, 0.25) is 0 Å². The first kappa shape index (κ1) is 19.3. The zero-order chi connectivity index (χ0) is 19.5. The van der Waals surface area contributed by atoms with E-state index in [-0.39, 0.29) is 23.5 Å². The van der Waals surface area contributed by atoms with Crippen molar-refractivity contribution in [3.8, 4) is 0 Å². The van der Waals surface area contributed by atoms with Gasteiger partial charge in [0, 0.05) is 23.8 Å². The lowest BCUT2D eigenvalue weighted by Crippen LogP contribution is -2.44. The van der Waals surface area contributed by atoms with Crippen molar-refractivity contribution in [2.45, 2.75) is 36.9 Å². The minimum atomic E-state index is -0.232. The van der Waals surface area contributed by atoms with E-state index in [1.54, 1.807) is 21.8 Å². The van der Waals surface area contributed by atoms with Crippen LogP contribution in [0.25, 0.3) is 0 Å². The first-order valence-electron chi connectivity index (χ1n) is 9.21. The van der Waals surface area contributed by atoms with E-state index in [1.165, 1.54) is 11.8 Å². The SMILES string of the molecule is O=C(Nc1ccc(Br)cn1)C1CCCN(C(=O)CSc2nnnn2C2CC2)C1. The third-order valence-electron chi connectivity index (χ3n) is 4.80. The molecule has 1 atom stereocenters. The smallest absolute Gasteiger partial charge is 0.233 e. The number of amides is 2. The van der Waals surface area contributed by atoms with Gasteiger partial charge in [-0.3, -0.25) is 9.59 Å². The summed E-state index contributed by atoms with van der Waals surface area (Å²) >= 11 is 4.68. The first-order chi connectivity index (χ1) is 13.6. The quantitative estimate of drug-likeness (QED) is 0.651. The Balaban J connectivity index is 1.30. The lowest BCUT2D eigenvalue weighted by Gasteiger charge is -2.32. The maximum Gasteiger partial charge on any atom is 0.233 e. The lowest BCUT2D eigenvalue weighted by atomic mass is 9.97. The maximum atomic E-state index is 12.6. The Kier molecular flexibility index (Phi) is 5.90. The number of hydrogen-bond donors (Lipinski definition) is 1. The third-order valence-corrected chi connectivity index (χ3v) is 6.19. The van der Waals surface area contributed by atoms with Gasteiger partial charge in [0.05, 0.1) is 17.7 Å². The van der Waals surface area contributed by atoms with E-state index in [1.807, 2.05) is 6.07 Å². The molecule has 1 N–H and O–H groups in total. The summed E-state index contributed by atoms with van der Waals surface area (Å²) in [5.41, 5.74) is 0. The number of pyridine rings is 1. The molecule has 1 aliphatic carbocycles. The molecule has 1 saturated carbocycles. The van der Waals surface area contributed by atoms with Crippen LogP contribution in [0.4, 0.5) is 5.82 Å². The number of carbonyl (C=O) groups is 2. The van der Waals surface area contributed by atoms with Crippen molar-refractivity contribution >= 4 is 45.3 Å². The van der Waals surface area contributed by atoms with Gasteiger partial charge in [-0.05, 0) is 64.2 Å². The molecule has 2 amide bonds. The fourth-order valence-electron chi connectivity index (χ4n) is 3.14. The molecule has 28 heavy (non-hydrogen) atoms. The summed E-state index contributed by atoms with van der Waals surface area (Å²) < 4.78 is 2.65. The summed E-state index contributed by atoms with van der Waals surface area (Å²) in [6, 6.07) is 3.95. The highest BCUT2D eigenvalue weighted by Gasteiger charge is 2.30. The van der Waals surface area contributed by atoms with Crippen molar-refractivity contribution in [1.29, 1.82) is 0 Å². The molecule has 0 radical (unpaired) electrons. The van der Waals surface area contributed by atoms with Crippen LogP contribution in [0, 0.1) is 5.92 Å². The second-order valence-electron chi connectivity index (χ2n) is 6.96. The molecular formula is C17H20BrN7O2S. The summed E-state index contributed by atoms with van der Waals surface area (Å²) in [6.07, 6.45) is 5.38. The van der Waals surface area contributed by atoms with Crippen LogP contribution in [0.3, 0.4) is 0 Å². The van der Waals surface area contributed by atoms with Crippen molar-refractivity contribution in [3.63, 3.8) is 0 Å². The predicted molar refractivity (Wildman–Crippen MR) is 107 cm³/mol. The zero-order valence-corrected chi connectivity index (χ0v) is 17.5. The molecule has 1 saturated heterocycles. The van der Waals surface area contributed by atoms with Crippen molar-refractivity contribution in [2.75, 3.05) is 24.2 Å². The van der Waals surface area contributed by atoms with E-state index in [9.17, 15) is 9.59 Å². The van der Waals surface area contributed by atoms with Gasteiger partial charge in [-0.25, -0.2) is 9.67 Å². The maximum absolute atomic E-state index is 12.6. The number of thioether (sulfide) groups is 1. The number of hydrogen-bond acceptors (Lipinski definition) is 7. The Morgan fingerprint density at radius 2 is 2.14 bits per heavy atom. The number of carbonyl (C=O) groups excluding carboxylic acids is 2. The Morgan fingerprint density at radius 1 is 1.29 bits per heavy atom. The molecule has 1 aliphatic heterocycles. The number of tetrazole rings is 1. The van der Waals surface area contributed by atoms with Gasteiger partial charge in [0.15, 0.2) is 0 Å². The Bertz CT molecular complexity index is 855. The van der Waals surface area contributed by atoms with Crippen molar-refractivity contribution in [1.82, 2.24) is 30.1 Å². The number of anilines is 1. The summed E-state index contributed by atoms with van der Waals surface area (Å²) in [5, 5.41) is 15.2. The highest BCUT2D eigenvalue weighted by molar-refractivity contribution is 9.10. The van der Waals surface area contributed by atoms with E-state index >= 15 is 0 Å². The van der Waals surface area contributed by atoms with Gasteiger partial charge in [-0.1, -0.05) is 11.8 Å². The molecule has 148 valence electrons. The van der Waals surface area contributed by atoms with E-state index in [0.29, 0.717) is 30.1 Å². The summed E-state index contributed by atoms with van der Waals surface area (Å²) in [4.78, 5) is 31.1. The Labute approximate surface area is 174 Å². The van der Waals surface area contributed by atoms with E-state index in [0.717, 1.165) is 30.2 Å². The zero-order valence-electron chi connectivity index (χ0n) is 15.1. The van der Waals surface area contributed by atoms with Crippen molar-refractivity contribution in [3.05, 3.63) is 22.8 Å². The average molecular weight is 466 g/mol. The second kappa shape index (κ2) is 8.56. The molecule has 2 aromatic heterocycles. The molecule has 4 rings (SSSR count). The number of nitrogens with zero attached hydrogens (tertiary/aromatic N) is 6. The van der Waals surface area contributed by atoms with Gasteiger partial charge in [0.2, 0.25) is 17.0 Å². The minimum absolute atomic E-state index is 0.00890. The summed E-state index contributed by atoms with van der Waals surface area (Å²) in [6.45, 7) is 1.10. The monoisotopic (exact) mass is 465 g/mol. The van der Waals surface area contributed by atoms with Crippen molar-refractivity contribution < 1.29 is 9.59 Å². The van der Waals surface area contributed by atoms with Crippen LogP contribution in [0.1, 0.15) is 31.7 Å². The van der Waals surface area contributed by atoms with Crippen LogP contribution < -0.4 is 5.32 Å². The number of nitrogens with one attached hydrogen (secondary N) is 1. The first-order valence-corrected chi connectivity index (χ1v) is 11.0. The molecule has 0 bridgehead atoms. The molecule has 2 fully saturated rings. The van der Waals surface area contributed by atoms with E-state index in [2.05, 4.69) is 41.8 Å². The average Bonchev–Trinajstić information content (AvgIpc) is 3.45. The van der Waals surface area contributed by atoms with Gasteiger partial charge in [0.1, 0.15) is 5.82 Å². The van der Waals surface area contributed by atoms with Gasteiger partial charge in [-0.15, -0.1) is 5.10 Å². The standard InChI is InChI=1S/C17H20BrN7O2S/c18-12-3-6-14(19-8-12)20-16(27)11-2-1-7-24(9-11)15(26)10-28-17-21-22-23-25(17)13-4-5-13/h3,6,8,11,13H,1-2,4-5,7,9-10H2,(H,19,20,27). The fourth-order valence-corrected chi connectivity index (χ4v) is 4.22. The van der Waals surface area contributed by atoms with Crippen LogP contribution in [-0.4, -0.2) is 60.7 Å². The number of likely N-dealkylation sites (tertiary alicyclic amines) is 1. The molecular weight excluding hydrogens is 446 g/mol. The second-order valence-corrected chi connectivity index (χ2v) is 8.81. The van der Waals surface area contributed by atoms with Crippen molar-refractivity contribution in [2.24, 2.45) is 5.92 Å². The molecule has 0 spiro atoms. The number of aromatic nitrogens is 5. The molecule has 0 aromatic carbocycles. The van der Waals surface area contributed by atoms with Gasteiger partial charge in [-0.2, -0.15) is 0 Å². The van der Waals surface area contributed by atoms with E-state index in [4.69, 9.17) is 0 Å². The van der Waals surface area contributed by atoms with Gasteiger partial charge < -0.3 is 10.2 Å². The molecule has 1 unspecified atom stereocenters. The topological polar surface area (TPSA) is 106 Å². The van der Waals surface area contributed by atoms with Crippen LogP contribution in [0.15, 0.2) is 28.0 Å². The Hall–Kier alpha value is -2.01. The largest absolute Gasteiger partial charge is 0.341 e. The van der Waals surface area contributed by atoms with Gasteiger partial charge in [0.25, 0.3) is 0 Å². The summed E-state index contributed by atoms with van der Waals surface area (Å²) in [7, 11) is 0. The lowest BCUT2D eigenvalue weighted by molar-refractivity contribution is -0.132. The van der Waals surface area contributed by atoms with E-state index < -0.39 is 0 Å². The molecule has 2 aliphatic rings. The number of rotatable bonds is 6. The van der Waals surface area contributed by atoms with Gasteiger partial charge >= 0.3 is 0 Å². The highest BCUT2D eigenvalue weighted by atomic mass is 79.9. The number of piperidine rings is 1. The Morgan fingerprint density at radius 3 is 2.89 bits per heavy atom. The number of halogens is 1. The summed E-state index contributed by atoms with van der Waals surface area (Å²) in [5.74, 6) is 0.465. The molecule has 11 heteroatoms. The fraction of sp³-hybridized carbons (Fsp3) is 0.529. The van der Waals surface area contributed by atoms with Crippen LogP contribution >= 0.6 is 27.7 Å². The molecule has 2 aromatic rings.